The van der Waals surface area contributed by atoms with E-state index in [0.717, 1.165) is 41.6 Å². The molecule has 27 heavy (non-hydrogen) atoms. The van der Waals surface area contributed by atoms with Crippen LogP contribution in [0.2, 0.25) is 0 Å². The van der Waals surface area contributed by atoms with Gasteiger partial charge in [0, 0.05) is 24.9 Å². The maximum absolute atomic E-state index is 12.7. The molecule has 0 N–H and O–H groups in total. The molecule has 3 rings (SSSR count). The van der Waals surface area contributed by atoms with Crippen LogP contribution in [0.5, 0.6) is 5.75 Å². The van der Waals surface area contributed by atoms with Crippen molar-refractivity contribution in [1.29, 1.82) is 0 Å². The topological polar surface area (TPSA) is 60.3 Å². The van der Waals surface area contributed by atoms with E-state index in [9.17, 15) is 4.79 Å². The summed E-state index contributed by atoms with van der Waals surface area (Å²) in [5.41, 5.74) is 2.11. The van der Waals surface area contributed by atoms with Crippen molar-refractivity contribution < 1.29 is 9.53 Å². The molecule has 1 amide bonds. The van der Waals surface area contributed by atoms with Crippen LogP contribution in [0.3, 0.4) is 0 Å². The lowest BCUT2D eigenvalue weighted by molar-refractivity contribution is -0.126. The third kappa shape index (κ3) is 4.53. The van der Waals surface area contributed by atoms with E-state index in [0.29, 0.717) is 12.3 Å². The van der Waals surface area contributed by atoms with E-state index in [1.807, 2.05) is 47.7 Å². The molecule has 6 nitrogen and oxygen atoms in total. The van der Waals surface area contributed by atoms with Crippen molar-refractivity contribution in [3.05, 3.63) is 36.0 Å². The minimum Gasteiger partial charge on any atom is -0.497 e. The number of ether oxygens (including phenoxy) is 1. The second-order valence-electron chi connectivity index (χ2n) is 6.47. The number of benzene rings is 1. The number of nitrogens with zero attached hydrogens (tertiary/aromatic N) is 4. The van der Waals surface area contributed by atoms with Crippen molar-refractivity contribution in [1.82, 2.24) is 19.7 Å². The second-order valence-corrected chi connectivity index (χ2v) is 7.41. The van der Waals surface area contributed by atoms with Crippen molar-refractivity contribution in [3.8, 4) is 17.1 Å². The number of methoxy groups -OCH3 is 1. The Kier molecular flexibility index (Phi) is 6.55. The Morgan fingerprint density at radius 1 is 1.33 bits per heavy atom. The van der Waals surface area contributed by atoms with E-state index in [1.165, 1.54) is 23.9 Å². The normalized spacial score (nSPS) is 14.0. The molecule has 1 heterocycles. The number of aromatic nitrogens is 3. The molecule has 0 spiro atoms. The van der Waals surface area contributed by atoms with Crippen LogP contribution in [0.1, 0.15) is 32.6 Å². The zero-order chi connectivity index (χ0) is 19.2. The fourth-order valence-electron chi connectivity index (χ4n) is 3.26. The van der Waals surface area contributed by atoms with Crippen LogP contribution in [0.15, 0.2) is 41.2 Å². The maximum Gasteiger partial charge on any atom is 0.237 e. The van der Waals surface area contributed by atoms with Crippen LogP contribution in [-0.2, 0) is 11.8 Å². The van der Waals surface area contributed by atoms with Gasteiger partial charge in [-0.25, -0.2) is 0 Å². The van der Waals surface area contributed by atoms with E-state index in [4.69, 9.17) is 4.74 Å². The van der Waals surface area contributed by atoms with Gasteiger partial charge in [-0.05, 0) is 44.7 Å². The van der Waals surface area contributed by atoms with Gasteiger partial charge >= 0.3 is 0 Å². The maximum atomic E-state index is 12.7. The Bertz CT molecular complexity index is 831. The predicted molar refractivity (Wildman–Crippen MR) is 108 cm³/mol. The second kappa shape index (κ2) is 9.08. The van der Waals surface area contributed by atoms with Gasteiger partial charge in [0.2, 0.25) is 5.91 Å². The lowest BCUT2D eigenvalue weighted by Gasteiger charge is -2.26. The largest absolute Gasteiger partial charge is 0.497 e. The summed E-state index contributed by atoms with van der Waals surface area (Å²) >= 11 is 1.43. The van der Waals surface area contributed by atoms with E-state index >= 15 is 0 Å². The van der Waals surface area contributed by atoms with Crippen LogP contribution >= 0.6 is 11.8 Å². The van der Waals surface area contributed by atoms with Crippen molar-refractivity contribution >= 4 is 17.7 Å². The van der Waals surface area contributed by atoms with Crippen LogP contribution in [0, 0.1) is 0 Å². The third-order valence-corrected chi connectivity index (χ3v) is 5.72. The van der Waals surface area contributed by atoms with E-state index < -0.39 is 0 Å². The van der Waals surface area contributed by atoms with E-state index in [1.54, 1.807) is 7.11 Å². The zero-order valence-corrected chi connectivity index (χ0v) is 17.0. The van der Waals surface area contributed by atoms with Gasteiger partial charge in [-0.3, -0.25) is 4.79 Å². The first-order valence-corrected chi connectivity index (χ1v) is 10.3. The first-order chi connectivity index (χ1) is 13.1. The minimum atomic E-state index is 0.126. The summed E-state index contributed by atoms with van der Waals surface area (Å²) in [6.45, 7) is 2.74. The number of amides is 1. The molecular weight excluding hydrogens is 360 g/mol. The number of carbonyl (C=O) groups excluding carboxylic acids is 1. The average Bonchev–Trinajstić information content (AvgIpc) is 3.08. The fourth-order valence-corrected chi connectivity index (χ4v) is 4.05. The molecule has 1 aliphatic carbocycles. The van der Waals surface area contributed by atoms with Crippen molar-refractivity contribution in [2.24, 2.45) is 7.05 Å². The summed E-state index contributed by atoms with van der Waals surface area (Å²) in [5, 5.41) is 9.29. The number of hydrogen-bond acceptors (Lipinski definition) is 5. The summed E-state index contributed by atoms with van der Waals surface area (Å²) in [6.07, 6.45) is 6.65. The smallest absolute Gasteiger partial charge is 0.237 e. The molecule has 1 aromatic heterocycles. The van der Waals surface area contributed by atoms with Crippen molar-refractivity contribution in [2.45, 2.75) is 37.8 Å². The molecule has 2 aromatic rings. The number of carbonyl (C=O) groups is 1. The van der Waals surface area contributed by atoms with Gasteiger partial charge in [-0.2, -0.15) is 0 Å². The molecule has 0 aliphatic heterocycles. The van der Waals surface area contributed by atoms with Crippen LogP contribution < -0.4 is 4.74 Å². The number of hydrogen-bond donors (Lipinski definition) is 0. The summed E-state index contributed by atoms with van der Waals surface area (Å²) in [4.78, 5) is 14.6. The molecule has 0 atom stereocenters. The fraction of sp³-hybridized carbons (Fsp3) is 0.450. The molecule has 144 valence electrons. The standard InChI is InChI=1S/C20H26N4O2S/c1-4-24(16-10-6-5-7-11-16)18(25)14-27-20-22-21-19(23(20)2)15-9-8-12-17(13-15)26-3/h8-10,12-13H,4-7,11,14H2,1-3H3. The third-order valence-electron chi connectivity index (χ3n) is 4.72. The molecule has 1 aliphatic rings. The highest BCUT2D eigenvalue weighted by molar-refractivity contribution is 7.99. The lowest BCUT2D eigenvalue weighted by atomic mass is 10.0. The Morgan fingerprint density at radius 3 is 2.89 bits per heavy atom. The van der Waals surface area contributed by atoms with Gasteiger partial charge in [0.25, 0.3) is 0 Å². The SMILES string of the molecule is CCN(C(=O)CSc1nnc(-c2cccc(OC)c2)n1C)C1=CCCCC1. The van der Waals surface area contributed by atoms with Gasteiger partial charge < -0.3 is 14.2 Å². The van der Waals surface area contributed by atoms with Crippen molar-refractivity contribution in [2.75, 3.05) is 19.4 Å². The summed E-state index contributed by atoms with van der Waals surface area (Å²) in [5.74, 6) is 2.02. The Morgan fingerprint density at radius 2 is 2.19 bits per heavy atom. The van der Waals surface area contributed by atoms with E-state index in [2.05, 4.69) is 16.3 Å². The van der Waals surface area contributed by atoms with Gasteiger partial charge in [-0.15, -0.1) is 10.2 Å². The predicted octanol–water partition coefficient (Wildman–Crippen LogP) is 3.89. The summed E-state index contributed by atoms with van der Waals surface area (Å²) in [6, 6.07) is 7.72. The number of allylic oxidation sites excluding steroid dienone is 2. The molecule has 0 saturated carbocycles. The molecule has 0 bridgehead atoms. The first kappa shape index (κ1) is 19.5. The van der Waals surface area contributed by atoms with Gasteiger partial charge in [0.05, 0.1) is 12.9 Å². The average molecular weight is 387 g/mol. The Balaban J connectivity index is 1.68. The Labute approximate surface area is 164 Å². The Hall–Kier alpha value is -2.28. The molecule has 7 heteroatoms. The minimum absolute atomic E-state index is 0.126. The molecule has 0 saturated heterocycles. The highest BCUT2D eigenvalue weighted by Crippen LogP contribution is 2.26. The highest BCUT2D eigenvalue weighted by atomic mass is 32.2. The van der Waals surface area contributed by atoms with Crippen LogP contribution in [0.4, 0.5) is 0 Å². The number of rotatable bonds is 7. The molecular formula is C20H26N4O2S. The highest BCUT2D eigenvalue weighted by Gasteiger charge is 2.19. The monoisotopic (exact) mass is 386 g/mol. The van der Waals surface area contributed by atoms with E-state index in [-0.39, 0.29) is 5.91 Å². The quantitative estimate of drug-likeness (QED) is 0.676. The van der Waals surface area contributed by atoms with Crippen LogP contribution in [0.25, 0.3) is 11.4 Å². The van der Waals surface area contributed by atoms with Crippen LogP contribution in [-0.4, -0.2) is 45.0 Å². The molecule has 0 unspecified atom stereocenters. The molecule has 0 radical (unpaired) electrons. The van der Waals surface area contributed by atoms with Gasteiger partial charge in [-0.1, -0.05) is 30.0 Å². The number of thioether (sulfide) groups is 1. The summed E-state index contributed by atoms with van der Waals surface area (Å²) in [7, 11) is 3.56. The van der Waals surface area contributed by atoms with Crippen molar-refractivity contribution in [3.63, 3.8) is 0 Å². The molecule has 0 fully saturated rings. The lowest BCUT2D eigenvalue weighted by Crippen LogP contribution is -2.32. The molecule has 1 aromatic carbocycles. The van der Waals surface area contributed by atoms with Gasteiger partial charge in [0.1, 0.15) is 5.75 Å². The van der Waals surface area contributed by atoms with Gasteiger partial charge in [0.15, 0.2) is 11.0 Å². The first-order valence-electron chi connectivity index (χ1n) is 9.30. The summed E-state index contributed by atoms with van der Waals surface area (Å²) < 4.78 is 7.20. The zero-order valence-electron chi connectivity index (χ0n) is 16.1.